The van der Waals surface area contributed by atoms with Crippen LogP contribution in [0, 0.1) is 5.92 Å². The van der Waals surface area contributed by atoms with Crippen molar-refractivity contribution in [1.29, 1.82) is 0 Å². The number of nitrogens with zero attached hydrogens (tertiary/aromatic N) is 2. The molecule has 4 rings (SSSR count). The number of aromatic nitrogens is 1. The normalized spacial score (nSPS) is 19.9. The number of rotatable bonds is 5. The molecule has 1 aromatic carbocycles. The third kappa shape index (κ3) is 4.31. The van der Waals surface area contributed by atoms with E-state index in [2.05, 4.69) is 28.2 Å². The molecule has 1 aliphatic carbocycles. The van der Waals surface area contributed by atoms with Crippen LogP contribution in [0.15, 0.2) is 24.3 Å². The molecule has 2 aromatic rings. The summed E-state index contributed by atoms with van der Waals surface area (Å²) in [5.74, 6) is 1.70. The van der Waals surface area contributed by atoms with Crippen LogP contribution in [0.25, 0.3) is 0 Å². The average Bonchev–Trinajstić information content (AvgIpc) is 3.09. The molecule has 1 atom stereocenters. The van der Waals surface area contributed by atoms with Crippen LogP contribution in [0.2, 0.25) is 0 Å². The Morgan fingerprint density at radius 2 is 2.14 bits per heavy atom. The monoisotopic (exact) mass is 401 g/mol. The second kappa shape index (κ2) is 8.49. The predicted octanol–water partition coefficient (Wildman–Crippen LogP) is 1.62. The number of hydrogen-bond donors (Lipinski definition) is 2. The van der Waals surface area contributed by atoms with Gasteiger partial charge in [0, 0.05) is 4.88 Å². The first-order chi connectivity index (χ1) is 13.6. The number of amides is 1. The van der Waals surface area contributed by atoms with Crippen LogP contribution in [0.3, 0.4) is 0 Å². The van der Waals surface area contributed by atoms with E-state index >= 15 is 0 Å². The van der Waals surface area contributed by atoms with Gasteiger partial charge in [0.1, 0.15) is 5.75 Å². The molecule has 6 nitrogen and oxygen atoms in total. The molecule has 0 bridgehead atoms. The number of nitrogens with one attached hydrogen (secondary N) is 2. The molecule has 0 radical (unpaired) electrons. The van der Waals surface area contributed by atoms with Gasteiger partial charge in [0.25, 0.3) is 5.91 Å². The first kappa shape index (κ1) is 19.2. The van der Waals surface area contributed by atoms with E-state index in [1.54, 1.807) is 18.4 Å². The summed E-state index contributed by atoms with van der Waals surface area (Å²) in [5, 5.41) is 3.81. The molecule has 7 heteroatoms. The summed E-state index contributed by atoms with van der Waals surface area (Å²) >= 11 is 1.66. The number of para-hydroxylation sites is 2. The van der Waals surface area contributed by atoms with Gasteiger partial charge < -0.3 is 14.5 Å². The van der Waals surface area contributed by atoms with Crippen LogP contribution in [0.5, 0.6) is 5.75 Å². The molecule has 2 N–H and O–H groups in total. The van der Waals surface area contributed by atoms with E-state index in [0.717, 1.165) is 61.5 Å². The van der Waals surface area contributed by atoms with Crippen LogP contribution in [-0.2, 0) is 17.6 Å². The summed E-state index contributed by atoms with van der Waals surface area (Å²) in [4.78, 5) is 22.2. The van der Waals surface area contributed by atoms with Crippen molar-refractivity contribution >= 4 is 28.1 Å². The smallest absolute Gasteiger partial charge is 0.281 e. The van der Waals surface area contributed by atoms with Gasteiger partial charge in [-0.2, -0.15) is 0 Å². The number of anilines is 2. The van der Waals surface area contributed by atoms with Crippen molar-refractivity contribution in [3.8, 4) is 5.75 Å². The molecule has 0 saturated carbocycles. The molecule has 150 valence electrons. The minimum absolute atomic E-state index is 0.0693. The zero-order chi connectivity index (χ0) is 19.5. The number of carbonyl (C=O) groups excluding carboxylic acids is 1. The Morgan fingerprint density at radius 3 is 2.93 bits per heavy atom. The largest absolute Gasteiger partial charge is 0.495 e. The summed E-state index contributed by atoms with van der Waals surface area (Å²) in [5.41, 5.74) is 2.33. The molecule has 1 aromatic heterocycles. The zero-order valence-corrected chi connectivity index (χ0v) is 17.5. The number of carbonyl (C=O) groups is 1. The molecule has 1 saturated heterocycles. The number of thiazole rings is 1. The molecule has 1 aliphatic heterocycles. The number of fused-ring (bicyclic) bond motifs is 1. The van der Waals surface area contributed by atoms with Crippen LogP contribution >= 0.6 is 11.3 Å². The third-order valence-electron chi connectivity index (χ3n) is 5.74. The summed E-state index contributed by atoms with van der Waals surface area (Å²) in [6.45, 7) is 6.52. The highest BCUT2D eigenvalue weighted by Gasteiger charge is 2.25. The van der Waals surface area contributed by atoms with Crippen molar-refractivity contribution in [2.45, 2.75) is 26.2 Å². The van der Waals surface area contributed by atoms with Gasteiger partial charge in [0.05, 0.1) is 44.7 Å². The average molecular weight is 402 g/mol. The van der Waals surface area contributed by atoms with Crippen molar-refractivity contribution in [2.24, 2.45) is 5.92 Å². The lowest BCUT2D eigenvalue weighted by Crippen LogP contribution is -3.15. The van der Waals surface area contributed by atoms with E-state index in [-0.39, 0.29) is 5.91 Å². The quantitative estimate of drug-likeness (QED) is 0.799. The topological polar surface area (TPSA) is 58.9 Å². The van der Waals surface area contributed by atoms with Crippen LogP contribution < -0.4 is 19.9 Å². The highest BCUT2D eigenvalue weighted by atomic mass is 32.1. The lowest BCUT2D eigenvalue weighted by molar-refractivity contribution is -0.892. The minimum Gasteiger partial charge on any atom is -0.495 e. The molecular formula is C21H29N4O2S+. The number of methoxy groups -OCH3 is 1. The van der Waals surface area contributed by atoms with Gasteiger partial charge in [-0.1, -0.05) is 19.1 Å². The highest BCUT2D eigenvalue weighted by molar-refractivity contribution is 7.15. The number of hydrogen-bond acceptors (Lipinski definition) is 5. The van der Waals surface area contributed by atoms with Crippen LogP contribution in [0.4, 0.5) is 10.8 Å². The number of piperazine rings is 1. The van der Waals surface area contributed by atoms with Crippen LogP contribution in [0.1, 0.15) is 23.9 Å². The predicted molar refractivity (Wildman–Crippen MR) is 113 cm³/mol. The van der Waals surface area contributed by atoms with Crippen molar-refractivity contribution in [3.63, 3.8) is 0 Å². The summed E-state index contributed by atoms with van der Waals surface area (Å²) in [6.07, 6.45) is 3.34. The van der Waals surface area contributed by atoms with E-state index in [1.807, 2.05) is 18.2 Å². The van der Waals surface area contributed by atoms with Crippen LogP contribution in [-0.4, -0.2) is 50.7 Å². The first-order valence-corrected chi connectivity index (χ1v) is 10.9. The Kier molecular flexibility index (Phi) is 5.82. The maximum atomic E-state index is 12.5. The van der Waals surface area contributed by atoms with Gasteiger partial charge in [-0.25, -0.2) is 4.98 Å². The van der Waals surface area contributed by atoms with Crippen molar-refractivity contribution in [2.75, 3.05) is 50.1 Å². The maximum absolute atomic E-state index is 12.5. The number of benzene rings is 1. The van der Waals surface area contributed by atoms with Crippen molar-refractivity contribution < 1.29 is 14.4 Å². The van der Waals surface area contributed by atoms with E-state index < -0.39 is 0 Å². The fraction of sp³-hybridized carbons (Fsp3) is 0.524. The standard InChI is InChI=1S/C21H28N4O2S/c1-15-7-8-16-19(13-15)28-21(22-16)23-20(26)14-24-9-11-25(12-10-24)17-5-3-4-6-18(17)27-2/h3-6,15H,7-14H2,1-2H3,(H,22,23,26)/p+1/t15-/m0/s1. The molecule has 1 amide bonds. The van der Waals surface area contributed by atoms with Gasteiger partial charge in [-0.3, -0.25) is 10.1 Å². The molecule has 0 unspecified atom stereocenters. The second-order valence-electron chi connectivity index (χ2n) is 7.87. The lowest BCUT2D eigenvalue weighted by atomic mass is 9.93. The summed E-state index contributed by atoms with van der Waals surface area (Å²) < 4.78 is 5.48. The van der Waals surface area contributed by atoms with Gasteiger partial charge in [0.15, 0.2) is 11.7 Å². The van der Waals surface area contributed by atoms with E-state index in [1.165, 1.54) is 21.9 Å². The minimum atomic E-state index is 0.0693. The van der Waals surface area contributed by atoms with E-state index in [0.29, 0.717) is 6.54 Å². The summed E-state index contributed by atoms with van der Waals surface area (Å²) in [6, 6.07) is 8.13. The van der Waals surface area contributed by atoms with Crippen molar-refractivity contribution in [1.82, 2.24) is 4.98 Å². The summed E-state index contributed by atoms with van der Waals surface area (Å²) in [7, 11) is 1.71. The Balaban J connectivity index is 1.28. The zero-order valence-electron chi connectivity index (χ0n) is 16.7. The fourth-order valence-corrected chi connectivity index (χ4v) is 5.30. The molecule has 1 fully saturated rings. The third-order valence-corrected chi connectivity index (χ3v) is 6.77. The van der Waals surface area contributed by atoms with Gasteiger partial charge in [-0.05, 0) is 37.3 Å². The molecule has 28 heavy (non-hydrogen) atoms. The molecule has 2 aliphatic rings. The van der Waals surface area contributed by atoms with E-state index in [9.17, 15) is 4.79 Å². The Hall–Kier alpha value is -2.12. The number of ether oxygens (including phenoxy) is 1. The van der Waals surface area contributed by atoms with Gasteiger partial charge >= 0.3 is 0 Å². The second-order valence-corrected chi connectivity index (χ2v) is 8.95. The van der Waals surface area contributed by atoms with Crippen molar-refractivity contribution in [3.05, 3.63) is 34.8 Å². The van der Waals surface area contributed by atoms with Gasteiger partial charge in [-0.15, -0.1) is 11.3 Å². The number of aryl methyl sites for hydroxylation is 1. The highest BCUT2D eigenvalue weighted by Crippen LogP contribution is 2.32. The molecule has 0 spiro atoms. The maximum Gasteiger partial charge on any atom is 0.281 e. The molecular weight excluding hydrogens is 372 g/mol. The van der Waals surface area contributed by atoms with Gasteiger partial charge in [0.2, 0.25) is 0 Å². The first-order valence-electron chi connectivity index (χ1n) is 10.1. The Morgan fingerprint density at radius 1 is 1.36 bits per heavy atom. The molecule has 2 heterocycles. The lowest BCUT2D eigenvalue weighted by Gasteiger charge is -2.33. The fourth-order valence-electron chi connectivity index (χ4n) is 4.12. The number of quaternary nitrogens is 1. The SMILES string of the molecule is COc1ccccc1N1CC[NH+](CC(=O)Nc2nc3c(s2)C[C@@H](C)CC3)CC1. The van der Waals surface area contributed by atoms with E-state index in [4.69, 9.17) is 4.74 Å². The Bertz CT molecular complexity index is 830. The Labute approximate surface area is 170 Å².